The van der Waals surface area contributed by atoms with Crippen LogP contribution in [-0.4, -0.2) is 26.7 Å². The zero-order chi connectivity index (χ0) is 12.6. The average molecular weight is 250 g/mol. The molecule has 98 valence electrons. The first-order valence-corrected chi connectivity index (χ1v) is 3.60. The lowest BCUT2D eigenvalue weighted by atomic mass is 10.4. The summed E-state index contributed by atoms with van der Waals surface area (Å²) in [5.41, 5.74) is 7.20. The first kappa shape index (κ1) is 16.9. The summed E-state index contributed by atoms with van der Waals surface area (Å²) in [6.07, 6.45) is -2.08. The fourth-order valence-corrected chi connectivity index (χ4v) is 0.663. The number of hydrazine groups is 3. The lowest BCUT2D eigenvalue weighted by Crippen LogP contribution is -2.20. The van der Waals surface area contributed by atoms with Gasteiger partial charge >= 0.3 is 0 Å². The van der Waals surface area contributed by atoms with E-state index in [1.807, 2.05) is 0 Å². The molecule has 0 fully saturated rings. The Balaban J connectivity index is 0. The molecule has 0 aromatic carbocycles. The second-order valence-corrected chi connectivity index (χ2v) is 2.06. The monoisotopic (exact) mass is 250 g/mol. The van der Waals surface area contributed by atoms with Crippen LogP contribution in [0.15, 0.2) is 0 Å². The zero-order valence-corrected chi connectivity index (χ0v) is 8.84. The van der Waals surface area contributed by atoms with Crippen molar-refractivity contribution in [3.63, 3.8) is 0 Å². The second-order valence-electron chi connectivity index (χ2n) is 2.06. The second kappa shape index (κ2) is 8.80. The van der Waals surface area contributed by atoms with Crippen LogP contribution < -0.4 is 45.1 Å². The minimum atomic E-state index is -2.08. The highest BCUT2D eigenvalue weighted by molar-refractivity contribution is 5.74. The number of nitrogens with zero attached hydrogens (tertiary/aromatic N) is 3. The van der Waals surface area contributed by atoms with Gasteiger partial charge in [0.2, 0.25) is 6.16 Å². The minimum Gasteiger partial charge on any atom is -0.565 e. The number of nitrogens with two attached hydrogens (primary N) is 3. The summed E-state index contributed by atoms with van der Waals surface area (Å²) in [6.45, 7) is 0. The lowest BCUT2D eigenvalue weighted by molar-refractivity contribution is -0.275. The van der Waals surface area contributed by atoms with Gasteiger partial charge in [0.1, 0.15) is 5.69 Å². The van der Waals surface area contributed by atoms with Crippen molar-refractivity contribution in [1.29, 1.82) is 0 Å². The number of anilines is 3. The molecule has 13 heteroatoms. The molecular weight excluding hydrogens is 236 g/mol. The molecule has 0 bridgehead atoms. The van der Waals surface area contributed by atoms with Crippen molar-refractivity contribution in [1.82, 2.24) is 21.6 Å². The Kier molecular flexibility index (Phi) is 8.76. The molecule has 0 amide bonds. The van der Waals surface area contributed by atoms with E-state index in [0.29, 0.717) is 5.69 Å². The van der Waals surface area contributed by atoms with Crippen LogP contribution in [0.25, 0.3) is 0 Å². The van der Waals surface area contributed by atoms with Gasteiger partial charge in [-0.15, -0.1) is 10.2 Å². The van der Waals surface area contributed by atoms with E-state index in [-0.39, 0.29) is 17.8 Å². The van der Waals surface area contributed by atoms with Gasteiger partial charge in [-0.2, -0.15) is 0 Å². The molecule has 0 atom stereocenters. The van der Waals surface area contributed by atoms with Crippen molar-refractivity contribution in [2.75, 3.05) is 16.3 Å². The summed E-state index contributed by atoms with van der Waals surface area (Å²) in [5, 5.41) is 25.7. The van der Waals surface area contributed by atoms with E-state index < -0.39 is 6.16 Å². The van der Waals surface area contributed by atoms with Crippen LogP contribution in [0, 0.1) is 0 Å². The molecule has 0 unspecified atom stereocenters. The Morgan fingerprint density at radius 3 is 1.71 bits per heavy atom. The van der Waals surface area contributed by atoms with E-state index in [0.717, 1.165) is 0 Å². The molecule has 0 aliphatic rings. The smallest absolute Gasteiger partial charge is 0.249 e. The number of aromatic nitrogens is 3. The molecule has 0 aliphatic heterocycles. The molecule has 0 radical (unpaired) electrons. The highest BCUT2D eigenvalue weighted by atomic mass is 16.6. The van der Waals surface area contributed by atoms with E-state index in [9.17, 15) is 0 Å². The van der Waals surface area contributed by atoms with Crippen LogP contribution in [0.3, 0.4) is 0 Å². The van der Waals surface area contributed by atoms with Gasteiger partial charge in [-0.3, -0.25) is 5.84 Å². The Bertz CT molecular complexity index is 318. The van der Waals surface area contributed by atoms with Gasteiger partial charge < -0.3 is 37.4 Å². The molecule has 0 saturated carbocycles. The molecule has 1 aromatic heterocycles. The van der Waals surface area contributed by atoms with E-state index in [1.165, 1.54) is 0 Å². The van der Waals surface area contributed by atoms with Crippen LogP contribution in [0.5, 0.6) is 0 Å². The SMILES string of the molecule is NNc1nnnc(NN)c1NN.O=C([O-])O.[NH4+]. The maximum atomic E-state index is 8.44. The molecule has 1 rings (SSSR count). The summed E-state index contributed by atoms with van der Waals surface area (Å²) in [6, 6.07) is 0. The molecule has 17 heavy (non-hydrogen) atoms. The van der Waals surface area contributed by atoms with E-state index in [2.05, 4.69) is 31.7 Å². The van der Waals surface area contributed by atoms with Gasteiger partial charge in [-0.25, -0.2) is 11.7 Å². The Labute approximate surface area is 94.9 Å². The van der Waals surface area contributed by atoms with Crippen molar-refractivity contribution >= 4 is 23.5 Å². The minimum absolute atomic E-state index is 0. The predicted octanol–water partition coefficient (Wildman–Crippen LogP) is -3.01. The summed E-state index contributed by atoms with van der Waals surface area (Å²) < 4.78 is 0. The van der Waals surface area contributed by atoms with Gasteiger partial charge in [0.05, 0.1) is 0 Å². The summed E-state index contributed by atoms with van der Waals surface area (Å²) in [5.74, 6) is 15.9. The van der Waals surface area contributed by atoms with Gasteiger partial charge in [0, 0.05) is 0 Å². The molecule has 1 heterocycles. The number of hydrogen-bond acceptors (Lipinski definition) is 11. The highest BCUT2D eigenvalue weighted by Crippen LogP contribution is 2.21. The topological polar surface area (TPSA) is 250 Å². The normalized spacial score (nSPS) is 7.94. The number of quaternary nitrogens is 1. The van der Waals surface area contributed by atoms with E-state index in [1.54, 1.807) is 0 Å². The first-order valence-electron chi connectivity index (χ1n) is 3.60. The third-order valence-electron chi connectivity index (χ3n) is 1.18. The molecule has 13 nitrogen and oxygen atoms in total. The Hall–Kier alpha value is -2.48. The van der Waals surface area contributed by atoms with Crippen LogP contribution in [-0.2, 0) is 0 Å². The van der Waals surface area contributed by atoms with Crippen molar-refractivity contribution in [3.8, 4) is 0 Å². The number of rotatable bonds is 3. The highest BCUT2D eigenvalue weighted by Gasteiger charge is 2.08. The molecule has 0 aliphatic carbocycles. The fraction of sp³-hybridized carbons (Fsp3) is 0. The number of carbonyl (C=O) groups is 1. The van der Waals surface area contributed by atoms with Crippen molar-refractivity contribution in [2.45, 2.75) is 0 Å². The van der Waals surface area contributed by atoms with Crippen LogP contribution in [0.2, 0.25) is 0 Å². The van der Waals surface area contributed by atoms with Gasteiger partial charge in [-0.1, -0.05) is 0 Å². The van der Waals surface area contributed by atoms with Crippen LogP contribution in [0.4, 0.5) is 22.1 Å². The lowest BCUT2D eigenvalue weighted by Gasteiger charge is -2.08. The third kappa shape index (κ3) is 5.85. The van der Waals surface area contributed by atoms with Gasteiger partial charge in [-0.05, 0) is 5.21 Å². The Morgan fingerprint density at radius 2 is 1.47 bits per heavy atom. The zero-order valence-electron chi connectivity index (χ0n) is 8.84. The summed E-state index contributed by atoms with van der Waals surface area (Å²) >= 11 is 0. The van der Waals surface area contributed by atoms with Gasteiger partial charge in [0.15, 0.2) is 11.6 Å². The van der Waals surface area contributed by atoms with Crippen LogP contribution >= 0.6 is 0 Å². The summed E-state index contributed by atoms with van der Waals surface area (Å²) in [4.78, 5) is 8.44. The molecular formula is C4H14N10O3. The average Bonchev–Trinajstić information content (AvgIpc) is 2.26. The van der Waals surface area contributed by atoms with Crippen molar-refractivity contribution in [3.05, 3.63) is 0 Å². The molecule has 14 N–H and O–H groups in total. The first-order chi connectivity index (χ1) is 7.56. The number of carboxylic acid groups (broad SMARTS) is 2. The molecule has 1 aromatic rings. The van der Waals surface area contributed by atoms with Crippen molar-refractivity contribution in [2.24, 2.45) is 17.5 Å². The quantitative estimate of drug-likeness (QED) is 0.197. The molecule has 0 spiro atoms. The largest absolute Gasteiger partial charge is 0.565 e. The van der Waals surface area contributed by atoms with Crippen molar-refractivity contribution < 1.29 is 15.0 Å². The summed E-state index contributed by atoms with van der Waals surface area (Å²) in [7, 11) is 0. The fourth-order valence-electron chi connectivity index (χ4n) is 0.663. The maximum Gasteiger partial charge on any atom is 0.249 e. The number of nitrogens with one attached hydrogen (secondary N) is 3. The maximum absolute atomic E-state index is 8.44. The number of hydrogen-bond donors (Lipinski definition) is 8. The number of nitrogen functional groups attached to an aromatic ring is 3. The molecule has 0 saturated heterocycles. The van der Waals surface area contributed by atoms with Crippen LogP contribution in [0.1, 0.15) is 0 Å². The third-order valence-corrected chi connectivity index (χ3v) is 1.18. The Morgan fingerprint density at radius 1 is 1.12 bits per heavy atom. The predicted molar refractivity (Wildman–Crippen MR) is 57.3 cm³/mol. The van der Waals surface area contributed by atoms with E-state index in [4.69, 9.17) is 32.5 Å². The van der Waals surface area contributed by atoms with Gasteiger partial charge in [0.25, 0.3) is 0 Å². The van der Waals surface area contributed by atoms with E-state index >= 15 is 0 Å². The standard InChI is InChI=1S/C3H9N9.CH2O3.H3N/c4-7-1-2(8-5)10-12-11-3(1)9-6;2-1(3)4;/h4-6H2,(H,7,12)(H2,8,9,10,11);(H2,2,3,4);1H3.